The van der Waals surface area contributed by atoms with Crippen molar-refractivity contribution < 1.29 is 14.3 Å². The Morgan fingerprint density at radius 2 is 2.15 bits per heavy atom. The van der Waals surface area contributed by atoms with Crippen LogP contribution in [0.25, 0.3) is 0 Å². The van der Waals surface area contributed by atoms with Crippen LogP contribution in [0.3, 0.4) is 0 Å². The first-order chi connectivity index (χ1) is 12.6. The van der Waals surface area contributed by atoms with E-state index in [1.54, 1.807) is 12.3 Å². The molecule has 8 heteroatoms. The van der Waals surface area contributed by atoms with Gasteiger partial charge in [-0.2, -0.15) is 5.10 Å². The third-order valence-corrected chi connectivity index (χ3v) is 5.32. The first kappa shape index (κ1) is 18.4. The average Bonchev–Trinajstić information content (AvgIpc) is 3.15. The molecule has 3 rings (SSSR count). The Morgan fingerprint density at radius 3 is 2.85 bits per heavy atom. The van der Waals surface area contributed by atoms with Crippen LogP contribution in [-0.4, -0.2) is 58.4 Å². The molecule has 1 fully saturated rings. The van der Waals surface area contributed by atoms with Crippen molar-refractivity contribution in [3.63, 3.8) is 0 Å². The van der Waals surface area contributed by atoms with Crippen LogP contribution in [0, 0.1) is 0 Å². The van der Waals surface area contributed by atoms with Gasteiger partial charge in [0.15, 0.2) is 0 Å². The van der Waals surface area contributed by atoms with E-state index in [0.29, 0.717) is 18.7 Å². The molecule has 1 aliphatic rings. The minimum absolute atomic E-state index is 0.0364. The van der Waals surface area contributed by atoms with E-state index >= 15 is 0 Å². The number of pyridine rings is 1. The Balaban J connectivity index is 1.60. The zero-order valence-electron chi connectivity index (χ0n) is 14.9. The number of aromatic amines is 1. The van der Waals surface area contributed by atoms with Gasteiger partial charge in [0.05, 0.1) is 24.8 Å². The molecule has 0 atom stereocenters. The van der Waals surface area contributed by atoms with Crippen LogP contribution in [0.1, 0.15) is 40.5 Å². The standard InChI is InChI=1S/C18H22N4O3S/c1-25-16(23)11-13-10-15(21-20-13)12-5-8-22(9-6-12)18(24)14-4-3-7-19-17(14)26-2/h3-4,7,10,12H,5-6,8-9,11H2,1-2H3,(H,20,21). The number of amides is 1. The first-order valence-electron chi connectivity index (χ1n) is 8.51. The van der Waals surface area contributed by atoms with Gasteiger partial charge in [-0.05, 0) is 37.3 Å². The smallest absolute Gasteiger partial charge is 0.311 e. The van der Waals surface area contributed by atoms with Crippen LogP contribution in [0.15, 0.2) is 29.4 Å². The summed E-state index contributed by atoms with van der Waals surface area (Å²) < 4.78 is 4.67. The van der Waals surface area contributed by atoms with Gasteiger partial charge in [-0.3, -0.25) is 14.7 Å². The van der Waals surface area contributed by atoms with E-state index in [2.05, 4.69) is 19.9 Å². The van der Waals surface area contributed by atoms with Gasteiger partial charge in [-0.25, -0.2) is 4.98 Å². The molecule has 0 bridgehead atoms. The molecule has 0 unspecified atom stereocenters. The summed E-state index contributed by atoms with van der Waals surface area (Å²) in [6, 6.07) is 5.55. The second kappa shape index (κ2) is 8.35. The van der Waals surface area contributed by atoms with Crippen molar-refractivity contribution in [3.8, 4) is 0 Å². The maximum atomic E-state index is 12.8. The van der Waals surface area contributed by atoms with Gasteiger partial charge in [-0.15, -0.1) is 11.8 Å². The van der Waals surface area contributed by atoms with E-state index in [-0.39, 0.29) is 24.2 Å². The van der Waals surface area contributed by atoms with Crippen LogP contribution in [-0.2, 0) is 16.0 Å². The second-order valence-electron chi connectivity index (χ2n) is 6.20. The highest BCUT2D eigenvalue weighted by Gasteiger charge is 2.27. The lowest BCUT2D eigenvalue weighted by Crippen LogP contribution is -2.38. The van der Waals surface area contributed by atoms with Crippen molar-refractivity contribution in [1.82, 2.24) is 20.1 Å². The summed E-state index contributed by atoms with van der Waals surface area (Å²) in [5.74, 6) is 0.0339. The summed E-state index contributed by atoms with van der Waals surface area (Å²) in [5.41, 5.74) is 2.37. The Hall–Kier alpha value is -2.35. The number of esters is 1. The number of methoxy groups -OCH3 is 1. The Morgan fingerprint density at radius 1 is 1.38 bits per heavy atom. The Labute approximate surface area is 156 Å². The number of H-pyrrole nitrogens is 1. The van der Waals surface area contributed by atoms with Crippen LogP contribution in [0.2, 0.25) is 0 Å². The molecule has 1 aliphatic heterocycles. The largest absolute Gasteiger partial charge is 0.469 e. The molecule has 1 amide bonds. The summed E-state index contributed by atoms with van der Waals surface area (Å²) in [5, 5.41) is 8.00. The third-order valence-electron chi connectivity index (χ3n) is 4.61. The number of rotatable bonds is 5. The van der Waals surface area contributed by atoms with Crippen LogP contribution >= 0.6 is 11.8 Å². The number of nitrogens with zero attached hydrogens (tertiary/aromatic N) is 3. The number of aromatic nitrogens is 3. The van der Waals surface area contributed by atoms with E-state index < -0.39 is 0 Å². The van der Waals surface area contributed by atoms with E-state index in [1.165, 1.54) is 18.9 Å². The monoisotopic (exact) mass is 374 g/mol. The molecule has 0 aliphatic carbocycles. The summed E-state index contributed by atoms with van der Waals surface area (Å²) in [6.45, 7) is 1.37. The van der Waals surface area contributed by atoms with Crippen molar-refractivity contribution in [2.45, 2.75) is 30.2 Å². The van der Waals surface area contributed by atoms with Crippen molar-refractivity contribution in [2.24, 2.45) is 0 Å². The number of carbonyl (C=O) groups excluding carboxylic acids is 2. The number of hydrogen-bond donors (Lipinski definition) is 1. The molecule has 138 valence electrons. The summed E-state index contributed by atoms with van der Waals surface area (Å²) in [7, 11) is 1.37. The normalized spacial score (nSPS) is 15.1. The van der Waals surface area contributed by atoms with Crippen molar-refractivity contribution in [2.75, 3.05) is 26.5 Å². The number of nitrogens with one attached hydrogen (secondary N) is 1. The van der Waals surface area contributed by atoms with Crippen LogP contribution in [0.5, 0.6) is 0 Å². The van der Waals surface area contributed by atoms with Crippen molar-refractivity contribution in [3.05, 3.63) is 41.3 Å². The molecule has 26 heavy (non-hydrogen) atoms. The van der Waals surface area contributed by atoms with E-state index in [9.17, 15) is 9.59 Å². The molecule has 0 radical (unpaired) electrons. The molecule has 2 aromatic heterocycles. The zero-order chi connectivity index (χ0) is 18.5. The van der Waals surface area contributed by atoms with E-state index in [4.69, 9.17) is 0 Å². The Kier molecular flexibility index (Phi) is 5.92. The first-order valence-corrected chi connectivity index (χ1v) is 9.74. The topological polar surface area (TPSA) is 88.2 Å². The molecule has 0 saturated carbocycles. The predicted molar refractivity (Wildman–Crippen MR) is 98.2 cm³/mol. The SMILES string of the molecule is COC(=O)Cc1cc(C2CCN(C(=O)c3cccnc3SC)CC2)n[nH]1. The fraction of sp³-hybridized carbons (Fsp3) is 0.444. The summed E-state index contributed by atoms with van der Waals surface area (Å²) in [4.78, 5) is 30.3. The van der Waals surface area contributed by atoms with Gasteiger partial charge >= 0.3 is 5.97 Å². The van der Waals surface area contributed by atoms with Crippen LogP contribution in [0.4, 0.5) is 0 Å². The zero-order valence-corrected chi connectivity index (χ0v) is 15.7. The van der Waals surface area contributed by atoms with Crippen molar-refractivity contribution >= 4 is 23.6 Å². The minimum Gasteiger partial charge on any atom is -0.469 e. The number of likely N-dealkylation sites (tertiary alicyclic amines) is 1. The lowest BCUT2D eigenvalue weighted by Gasteiger charge is -2.31. The Bertz CT molecular complexity index is 784. The molecule has 1 saturated heterocycles. The highest BCUT2D eigenvalue weighted by molar-refractivity contribution is 7.98. The van der Waals surface area contributed by atoms with Gasteiger partial charge < -0.3 is 9.64 Å². The van der Waals surface area contributed by atoms with Gasteiger partial charge in [0.25, 0.3) is 5.91 Å². The van der Waals surface area contributed by atoms with Gasteiger partial charge in [0, 0.05) is 30.9 Å². The number of ether oxygens (including phenoxy) is 1. The third kappa shape index (κ3) is 4.07. The van der Waals surface area contributed by atoms with Gasteiger partial charge in [0.2, 0.25) is 0 Å². The molecular weight excluding hydrogens is 352 g/mol. The molecule has 2 aromatic rings. The lowest BCUT2D eigenvalue weighted by molar-refractivity contribution is -0.139. The summed E-state index contributed by atoms with van der Waals surface area (Å²) >= 11 is 1.48. The maximum Gasteiger partial charge on any atom is 0.311 e. The number of hydrogen-bond acceptors (Lipinski definition) is 6. The lowest BCUT2D eigenvalue weighted by atomic mass is 9.93. The molecule has 7 nitrogen and oxygen atoms in total. The van der Waals surface area contributed by atoms with Crippen molar-refractivity contribution in [1.29, 1.82) is 0 Å². The summed E-state index contributed by atoms with van der Waals surface area (Å²) in [6.07, 6.45) is 5.53. The fourth-order valence-electron chi connectivity index (χ4n) is 3.17. The number of carbonyl (C=O) groups is 2. The molecule has 0 spiro atoms. The molecular formula is C18H22N4O3S. The van der Waals surface area contributed by atoms with E-state index in [0.717, 1.165) is 29.3 Å². The van der Waals surface area contributed by atoms with E-state index in [1.807, 2.05) is 23.3 Å². The van der Waals surface area contributed by atoms with Crippen LogP contribution < -0.4 is 0 Å². The molecule has 1 N–H and O–H groups in total. The minimum atomic E-state index is -0.290. The second-order valence-corrected chi connectivity index (χ2v) is 6.99. The average molecular weight is 374 g/mol. The number of thioether (sulfide) groups is 1. The van der Waals surface area contributed by atoms with Gasteiger partial charge in [0.1, 0.15) is 5.03 Å². The number of piperidine rings is 1. The fourth-order valence-corrected chi connectivity index (χ4v) is 3.71. The maximum absolute atomic E-state index is 12.8. The highest BCUT2D eigenvalue weighted by Crippen LogP contribution is 2.29. The highest BCUT2D eigenvalue weighted by atomic mass is 32.2. The molecule has 0 aromatic carbocycles. The van der Waals surface area contributed by atoms with Gasteiger partial charge in [-0.1, -0.05) is 0 Å². The molecule has 3 heterocycles. The predicted octanol–water partition coefficient (Wildman–Crippen LogP) is 2.26. The quantitative estimate of drug-likeness (QED) is 0.638.